The molecule has 1 aliphatic carbocycles. The van der Waals surface area contributed by atoms with Gasteiger partial charge in [-0.1, -0.05) is 45.2 Å². The summed E-state index contributed by atoms with van der Waals surface area (Å²) in [6.45, 7) is 6.72. The van der Waals surface area contributed by atoms with Crippen molar-refractivity contribution < 1.29 is 9.59 Å². The van der Waals surface area contributed by atoms with Crippen LogP contribution in [-0.4, -0.2) is 23.9 Å². The van der Waals surface area contributed by atoms with Gasteiger partial charge in [-0.25, -0.2) is 0 Å². The molecule has 28 heavy (non-hydrogen) atoms. The second kappa shape index (κ2) is 11.8. The Morgan fingerprint density at radius 2 is 1.71 bits per heavy atom. The molecule has 0 heterocycles. The summed E-state index contributed by atoms with van der Waals surface area (Å²) in [6, 6.07) is 8.80. The molecule has 5 heteroatoms. The molecule has 1 aromatic carbocycles. The van der Waals surface area contributed by atoms with Gasteiger partial charge in [0.15, 0.2) is 0 Å². The highest BCUT2D eigenvalue weighted by Gasteiger charge is 2.22. The van der Waals surface area contributed by atoms with Gasteiger partial charge in [0.1, 0.15) is 0 Å². The molecule has 2 amide bonds. The predicted octanol–water partition coefficient (Wildman–Crippen LogP) is 4.38. The molecule has 1 atom stereocenters. The van der Waals surface area contributed by atoms with Crippen LogP contribution in [0.15, 0.2) is 24.3 Å². The quantitative estimate of drug-likeness (QED) is 0.558. The molecule has 0 bridgehead atoms. The first-order chi connectivity index (χ1) is 13.5. The minimum absolute atomic E-state index is 0.0508. The van der Waals surface area contributed by atoms with Gasteiger partial charge in [0.2, 0.25) is 11.8 Å². The fourth-order valence-electron chi connectivity index (χ4n) is 3.87. The minimum Gasteiger partial charge on any atom is -0.353 e. The zero-order valence-corrected chi connectivity index (χ0v) is 17.7. The van der Waals surface area contributed by atoms with Gasteiger partial charge in [-0.2, -0.15) is 0 Å². The van der Waals surface area contributed by atoms with E-state index in [1.165, 1.54) is 25.3 Å². The van der Waals surface area contributed by atoms with Gasteiger partial charge in [0.25, 0.3) is 0 Å². The Hall–Kier alpha value is -1.88. The van der Waals surface area contributed by atoms with Gasteiger partial charge in [-0.05, 0) is 49.3 Å². The van der Waals surface area contributed by atoms with Gasteiger partial charge in [-0.15, -0.1) is 0 Å². The van der Waals surface area contributed by atoms with Crippen molar-refractivity contribution in [2.45, 2.75) is 90.8 Å². The molecule has 0 radical (unpaired) electrons. The second-order valence-electron chi connectivity index (χ2n) is 8.33. The van der Waals surface area contributed by atoms with Crippen LogP contribution in [0, 0.1) is 5.92 Å². The zero-order chi connectivity index (χ0) is 20.4. The van der Waals surface area contributed by atoms with Gasteiger partial charge in [0.05, 0.1) is 0 Å². The number of carbonyl (C=O) groups excluding carboxylic acids is 2. The smallest absolute Gasteiger partial charge is 0.221 e. The molecular weight excluding hydrogens is 350 g/mol. The molecule has 1 saturated carbocycles. The van der Waals surface area contributed by atoms with Crippen LogP contribution in [0.5, 0.6) is 0 Å². The highest BCUT2D eigenvalue weighted by Crippen LogP contribution is 2.20. The molecule has 0 spiro atoms. The van der Waals surface area contributed by atoms with Crippen molar-refractivity contribution in [3.8, 4) is 0 Å². The normalized spacial score (nSPS) is 20.4. The third-order valence-corrected chi connectivity index (χ3v) is 5.55. The lowest BCUT2D eigenvalue weighted by Gasteiger charge is -2.30. The monoisotopic (exact) mass is 387 g/mol. The molecule has 0 saturated heterocycles. The molecule has 1 fully saturated rings. The van der Waals surface area contributed by atoms with E-state index in [0.29, 0.717) is 24.4 Å². The van der Waals surface area contributed by atoms with Crippen LogP contribution in [0.2, 0.25) is 0 Å². The SMILES string of the molecule is CCCCC(C)CC(=O)NC1CCC(NCc2ccc(NC(C)=O)cc2)CC1. The number of hydrogen-bond donors (Lipinski definition) is 3. The molecule has 1 aliphatic rings. The average Bonchev–Trinajstić information content (AvgIpc) is 2.66. The summed E-state index contributed by atoms with van der Waals surface area (Å²) >= 11 is 0. The number of hydrogen-bond acceptors (Lipinski definition) is 3. The van der Waals surface area contributed by atoms with Crippen LogP contribution < -0.4 is 16.0 Å². The average molecular weight is 388 g/mol. The fourth-order valence-corrected chi connectivity index (χ4v) is 3.87. The number of unbranched alkanes of at least 4 members (excludes halogenated alkanes) is 1. The van der Waals surface area contributed by atoms with Crippen LogP contribution in [0.4, 0.5) is 5.69 Å². The van der Waals surface area contributed by atoms with Crippen molar-refractivity contribution in [2.24, 2.45) is 5.92 Å². The first-order valence-electron chi connectivity index (χ1n) is 10.9. The van der Waals surface area contributed by atoms with Crippen LogP contribution in [0.25, 0.3) is 0 Å². The van der Waals surface area contributed by atoms with Crippen molar-refractivity contribution in [3.63, 3.8) is 0 Å². The van der Waals surface area contributed by atoms with E-state index in [-0.39, 0.29) is 11.8 Å². The topological polar surface area (TPSA) is 70.2 Å². The Morgan fingerprint density at radius 1 is 1.07 bits per heavy atom. The highest BCUT2D eigenvalue weighted by atomic mass is 16.2. The number of rotatable bonds is 10. The third-order valence-electron chi connectivity index (χ3n) is 5.55. The van der Waals surface area contributed by atoms with Gasteiger partial charge in [-0.3, -0.25) is 9.59 Å². The maximum absolute atomic E-state index is 12.2. The third kappa shape index (κ3) is 8.42. The number of nitrogens with one attached hydrogen (secondary N) is 3. The van der Waals surface area contributed by atoms with E-state index in [0.717, 1.165) is 44.3 Å². The number of anilines is 1. The number of carbonyl (C=O) groups is 2. The van der Waals surface area contributed by atoms with E-state index in [2.05, 4.69) is 29.8 Å². The van der Waals surface area contributed by atoms with Crippen LogP contribution in [0.1, 0.15) is 77.7 Å². The summed E-state index contributed by atoms with van der Waals surface area (Å²) in [5.74, 6) is 0.652. The Morgan fingerprint density at radius 3 is 2.32 bits per heavy atom. The fraction of sp³-hybridized carbons (Fsp3) is 0.652. The van der Waals surface area contributed by atoms with Gasteiger partial charge >= 0.3 is 0 Å². The molecule has 2 rings (SSSR count). The lowest BCUT2D eigenvalue weighted by molar-refractivity contribution is -0.123. The maximum Gasteiger partial charge on any atom is 0.221 e. The summed E-state index contributed by atoms with van der Waals surface area (Å²) < 4.78 is 0. The van der Waals surface area contributed by atoms with E-state index < -0.39 is 0 Å². The Bertz CT molecular complexity index is 607. The van der Waals surface area contributed by atoms with E-state index in [4.69, 9.17) is 0 Å². The number of amides is 2. The van der Waals surface area contributed by atoms with Gasteiger partial charge < -0.3 is 16.0 Å². The van der Waals surface area contributed by atoms with E-state index in [9.17, 15) is 9.59 Å². The predicted molar refractivity (Wildman–Crippen MR) is 115 cm³/mol. The van der Waals surface area contributed by atoms with Gasteiger partial charge in [0, 0.05) is 37.7 Å². The molecule has 1 unspecified atom stereocenters. The van der Waals surface area contributed by atoms with Crippen LogP contribution in [-0.2, 0) is 16.1 Å². The molecule has 0 aromatic heterocycles. The van der Waals surface area contributed by atoms with Crippen LogP contribution >= 0.6 is 0 Å². The first-order valence-corrected chi connectivity index (χ1v) is 10.9. The summed E-state index contributed by atoms with van der Waals surface area (Å²) in [4.78, 5) is 23.3. The lowest BCUT2D eigenvalue weighted by Crippen LogP contribution is -2.42. The van der Waals surface area contributed by atoms with Crippen molar-refractivity contribution in [2.75, 3.05) is 5.32 Å². The molecule has 0 aliphatic heterocycles. The molecule has 1 aromatic rings. The van der Waals surface area contributed by atoms with Crippen molar-refractivity contribution >= 4 is 17.5 Å². The molecule has 5 nitrogen and oxygen atoms in total. The Labute approximate surface area is 170 Å². The summed E-state index contributed by atoms with van der Waals surface area (Å²) in [5.41, 5.74) is 2.04. The molecule has 3 N–H and O–H groups in total. The molecular formula is C23H37N3O2. The number of benzene rings is 1. The van der Waals surface area contributed by atoms with E-state index in [1.807, 2.05) is 24.3 Å². The Balaban J connectivity index is 1.64. The largest absolute Gasteiger partial charge is 0.353 e. The first kappa shape index (κ1) is 22.4. The van der Waals surface area contributed by atoms with E-state index >= 15 is 0 Å². The van der Waals surface area contributed by atoms with Crippen molar-refractivity contribution in [1.29, 1.82) is 0 Å². The molecule has 156 valence electrons. The lowest BCUT2D eigenvalue weighted by atomic mass is 9.90. The maximum atomic E-state index is 12.2. The van der Waals surface area contributed by atoms with Crippen LogP contribution in [0.3, 0.4) is 0 Å². The minimum atomic E-state index is -0.0508. The second-order valence-corrected chi connectivity index (χ2v) is 8.33. The standard InChI is InChI=1S/C23H37N3O2/c1-4-5-6-17(2)15-23(28)26-22-13-11-20(12-14-22)24-16-19-7-9-21(10-8-19)25-18(3)27/h7-10,17,20,22,24H,4-6,11-16H2,1-3H3,(H,25,27)(H,26,28). The van der Waals surface area contributed by atoms with Crippen molar-refractivity contribution in [3.05, 3.63) is 29.8 Å². The van der Waals surface area contributed by atoms with Crippen molar-refractivity contribution in [1.82, 2.24) is 10.6 Å². The summed E-state index contributed by atoms with van der Waals surface area (Å²) in [7, 11) is 0. The van der Waals surface area contributed by atoms with E-state index in [1.54, 1.807) is 0 Å². The summed E-state index contributed by atoms with van der Waals surface area (Å²) in [5, 5.41) is 9.65. The highest BCUT2D eigenvalue weighted by molar-refractivity contribution is 5.88. The Kier molecular flexibility index (Phi) is 9.48. The summed E-state index contributed by atoms with van der Waals surface area (Å²) in [6.07, 6.45) is 8.51. The zero-order valence-electron chi connectivity index (χ0n) is 17.7.